The lowest BCUT2D eigenvalue weighted by molar-refractivity contribution is 0.0694. The normalized spacial score (nSPS) is 15.8. The van der Waals surface area contributed by atoms with E-state index < -0.39 is 5.97 Å². The van der Waals surface area contributed by atoms with Crippen LogP contribution in [0.15, 0.2) is 18.2 Å². The molecule has 3 heteroatoms. The lowest BCUT2D eigenvalue weighted by atomic mass is 9.94. The molecule has 1 aromatic carbocycles. The Morgan fingerprint density at radius 2 is 2.31 bits per heavy atom. The van der Waals surface area contributed by atoms with Crippen LogP contribution in [-0.4, -0.2) is 29.1 Å². The zero-order valence-corrected chi connectivity index (χ0v) is 9.57. The van der Waals surface area contributed by atoms with Crippen molar-refractivity contribution in [1.82, 2.24) is 4.90 Å². The minimum absolute atomic E-state index is 0.480. The zero-order chi connectivity index (χ0) is 11.5. The van der Waals surface area contributed by atoms with Gasteiger partial charge in [0.05, 0.1) is 5.56 Å². The Bertz CT molecular complexity index is 401. The van der Waals surface area contributed by atoms with Crippen molar-refractivity contribution < 1.29 is 9.90 Å². The molecule has 0 saturated heterocycles. The Morgan fingerprint density at radius 1 is 1.50 bits per heavy atom. The van der Waals surface area contributed by atoms with E-state index in [4.69, 9.17) is 5.11 Å². The summed E-state index contributed by atoms with van der Waals surface area (Å²) >= 11 is 0. The maximum Gasteiger partial charge on any atom is 0.335 e. The Kier molecular flexibility index (Phi) is 3.25. The second-order valence-corrected chi connectivity index (χ2v) is 4.27. The van der Waals surface area contributed by atoms with Crippen LogP contribution in [-0.2, 0) is 13.0 Å². The number of carboxylic acid groups (broad SMARTS) is 1. The van der Waals surface area contributed by atoms with Gasteiger partial charge in [-0.3, -0.25) is 4.90 Å². The third kappa shape index (κ3) is 2.09. The van der Waals surface area contributed by atoms with Crippen molar-refractivity contribution in [2.45, 2.75) is 26.3 Å². The molecular formula is C13H17NO2. The molecule has 3 nitrogen and oxygen atoms in total. The van der Waals surface area contributed by atoms with Gasteiger partial charge in [-0.05, 0) is 36.6 Å². The Balaban J connectivity index is 2.27. The summed E-state index contributed by atoms with van der Waals surface area (Å²) in [4.78, 5) is 13.4. The summed E-state index contributed by atoms with van der Waals surface area (Å²) in [7, 11) is 0. The van der Waals surface area contributed by atoms with Gasteiger partial charge in [0.15, 0.2) is 0 Å². The van der Waals surface area contributed by atoms with Crippen molar-refractivity contribution in [2.75, 3.05) is 13.1 Å². The fourth-order valence-corrected chi connectivity index (χ4v) is 2.38. The van der Waals surface area contributed by atoms with Crippen molar-refractivity contribution in [3.63, 3.8) is 0 Å². The van der Waals surface area contributed by atoms with Crippen LogP contribution in [0.2, 0.25) is 0 Å². The standard InChI is InChI=1S/C13H17NO2/c1-2-7-14-8-6-11-10(9-14)4-3-5-12(11)13(15)16/h3-5H,2,6-9H2,1H3,(H,15,16). The Morgan fingerprint density at radius 3 is 3.00 bits per heavy atom. The van der Waals surface area contributed by atoms with Gasteiger partial charge in [0, 0.05) is 13.1 Å². The molecule has 0 atom stereocenters. The molecule has 1 heterocycles. The summed E-state index contributed by atoms with van der Waals surface area (Å²) in [6.07, 6.45) is 2.01. The second-order valence-electron chi connectivity index (χ2n) is 4.27. The summed E-state index contributed by atoms with van der Waals surface area (Å²) in [6.45, 7) is 5.13. The topological polar surface area (TPSA) is 40.5 Å². The van der Waals surface area contributed by atoms with Crippen LogP contribution in [0.5, 0.6) is 0 Å². The lowest BCUT2D eigenvalue weighted by Gasteiger charge is -2.29. The van der Waals surface area contributed by atoms with Gasteiger partial charge in [0.2, 0.25) is 0 Å². The van der Waals surface area contributed by atoms with Crippen molar-refractivity contribution in [3.05, 3.63) is 34.9 Å². The van der Waals surface area contributed by atoms with E-state index in [-0.39, 0.29) is 0 Å². The molecule has 16 heavy (non-hydrogen) atoms. The van der Waals surface area contributed by atoms with Crippen LogP contribution in [0.25, 0.3) is 0 Å². The number of nitrogens with zero attached hydrogens (tertiary/aromatic N) is 1. The smallest absolute Gasteiger partial charge is 0.335 e. The molecule has 1 aliphatic rings. The summed E-state index contributed by atoms with van der Waals surface area (Å²) in [5.41, 5.74) is 2.69. The van der Waals surface area contributed by atoms with E-state index in [0.29, 0.717) is 5.56 Å². The first-order chi connectivity index (χ1) is 7.72. The van der Waals surface area contributed by atoms with Gasteiger partial charge in [0.1, 0.15) is 0 Å². The molecule has 0 unspecified atom stereocenters. The number of carboxylic acids is 1. The molecule has 0 aromatic heterocycles. The van der Waals surface area contributed by atoms with E-state index in [2.05, 4.69) is 11.8 Å². The molecule has 0 amide bonds. The number of benzene rings is 1. The van der Waals surface area contributed by atoms with Gasteiger partial charge >= 0.3 is 5.97 Å². The first-order valence-corrected chi connectivity index (χ1v) is 5.78. The second kappa shape index (κ2) is 4.66. The monoisotopic (exact) mass is 219 g/mol. The molecule has 0 saturated carbocycles. The number of carbonyl (C=O) groups is 1. The summed E-state index contributed by atoms with van der Waals surface area (Å²) in [6, 6.07) is 5.60. The number of rotatable bonds is 3. The van der Waals surface area contributed by atoms with E-state index >= 15 is 0 Å². The van der Waals surface area contributed by atoms with E-state index in [1.807, 2.05) is 12.1 Å². The highest BCUT2D eigenvalue weighted by Gasteiger charge is 2.20. The Labute approximate surface area is 95.7 Å². The predicted octanol–water partition coefficient (Wildman–Crippen LogP) is 2.15. The molecular weight excluding hydrogens is 202 g/mol. The minimum atomic E-state index is -0.805. The van der Waals surface area contributed by atoms with Crippen LogP contribution in [0.1, 0.15) is 34.8 Å². The largest absolute Gasteiger partial charge is 0.478 e. The summed E-state index contributed by atoms with van der Waals surface area (Å²) < 4.78 is 0. The lowest BCUT2D eigenvalue weighted by Crippen LogP contribution is -2.32. The van der Waals surface area contributed by atoms with Gasteiger partial charge in [-0.2, -0.15) is 0 Å². The predicted molar refractivity (Wildman–Crippen MR) is 62.7 cm³/mol. The van der Waals surface area contributed by atoms with Crippen molar-refractivity contribution in [1.29, 1.82) is 0 Å². The van der Waals surface area contributed by atoms with Gasteiger partial charge < -0.3 is 5.11 Å². The van der Waals surface area contributed by atoms with Crippen molar-refractivity contribution in [3.8, 4) is 0 Å². The van der Waals surface area contributed by atoms with Gasteiger partial charge in [-0.1, -0.05) is 19.1 Å². The quantitative estimate of drug-likeness (QED) is 0.846. The molecule has 0 aliphatic carbocycles. The van der Waals surface area contributed by atoms with E-state index in [1.165, 1.54) is 5.56 Å². The average Bonchev–Trinajstić information content (AvgIpc) is 2.28. The highest BCUT2D eigenvalue weighted by atomic mass is 16.4. The van der Waals surface area contributed by atoms with Gasteiger partial charge in [-0.15, -0.1) is 0 Å². The van der Waals surface area contributed by atoms with Crippen molar-refractivity contribution >= 4 is 5.97 Å². The van der Waals surface area contributed by atoms with Crippen LogP contribution < -0.4 is 0 Å². The number of aromatic carboxylic acids is 1. The molecule has 0 radical (unpaired) electrons. The molecule has 1 N–H and O–H groups in total. The maximum atomic E-state index is 11.1. The number of fused-ring (bicyclic) bond motifs is 1. The summed E-state index contributed by atoms with van der Waals surface area (Å²) in [5, 5.41) is 9.10. The van der Waals surface area contributed by atoms with E-state index in [9.17, 15) is 4.79 Å². The molecule has 0 spiro atoms. The number of hydrogen-bond donors (Lipinski definition) is 1. The molecule has 86 valence electrons. The molecule has 0 fully saturated rings. The highest BCUT2D eigenvalue weighted by Crippen LogP contribution is 2.22. The van der Waals surface area contributed by atoms with Crippen LogP contribution in [0, 0.1) is 0 Å². The third-order valence-corrected chi connectivity index (χ3v) is 3.12. The summed E-state index contributed by atoms with van der Waals surface area (Å²) in [5.74, 6) is -0.805. The van der Waals surface area contributed by atoms with Gasteiger partial charge in [0.25, 0.3) is 0 Å². The van der Waals surface area contributed by atoms with Crippen LogP contribution >= 0.6 is 0 Å². The third-order valence-electron chi connectivity index (χ3n) is 3.12. The first kappa shape index (κ1) is 11.1. The fraction of sp³-hybridized carbons (Fsp3) is 0.462. The minimum Gasteiger partial charge on any atom is -0.478 e. The van der Waals surface area contributed by atoms with Gasteiger partial charge in [-0.25, -0.2) is 4.79 Å². The maximum absolute atomic E-state index is 11.1. The van der Waals surface area contributed by atoms with E-state index in [1.54, 1.807) is 6.07 Å². The molecule has 1 aliphatic heterocycles. The van der Waals surface area contributed by atoms with Crippen molar-refractivity contribution in [2.24, 2.45) is 0 Å². The SMILES string of the molecule is CCCN1CCc2c(cccc2C(=O)O)C1. The Hall–Kier alpha value is -1.35. The molecule has 2 rings (SSSR count). The van der Waals surface area contributed by atoms with Crippen LogP contribution in [0.3, 0.4) is 0 Å². The van der Waals surface area contributed by atoms with Crippen LogP contribution in [0.4, 0.5) is 0 Å². The number of hydrogen-bond acceptors (Lipinski definition) is 2. The fourth-order valence-electron chi connectivity index (χ4n) is 2.38. The van der Waals surface area contributed by atoms with E-state index in [0.717, 1.165) is 38.0 Å². The first-order valence-electron chi connectivity index (χ1n) is 5.78. The highest BCUT2D eigenvalue weighted by molar-refractivity contribution is 5.89. The zero-order valence-electron chi connectivity index (χ0n) is 9.57. The molecule has 0 bridgehead atoms. The average molecular weight is 219 g/mol. The molecule has 1 aromatic rings.